The van der Waals surface area contributed by atoms with Crippen molar-refractivity contribution in [3.05, 3.63) is 35.6 Å². The van der Waals surface area contributed by atoms with Crippen molar-refractivity contribution in [1.82, 2.24) is 9.55 Å². The third-order valence-electron chi connectivity index (χ3n) is 3.08. The van der Waals surface area contributed by atoms with Gasteiger partial charge in [0, 0.05) is 20.9 Å². The summed E-state index contributed by atoms with van der Waals surface area (Å²) in [7, 11) is -2.71. The first kappa shape index (κ1) is 18.0. The van der Waals surface area contributed by atoms with Crippen LogP contribution < -0.4 is 9.62 Å². The highest BCUT2D eigenvalue weighted by Crippen LogP contribution is 2.28. The number of imide groups is 1. The fourth-order valence-electron chi connectivity index (χ4n) is 2.13. The average molecular weight is 371 g/mol. The topological polar surface area (TPSA) is 101 Å². The Hall–Kier alpha value is -2.39. The van der Waals surface area contributed by atoms with Crippen LogP contribution in [0.1, 0.15) is 13.8 Å². The van der Waals surface area contributed by atoms with E-state index in [0.717, 1.165) is 13.8 Å². The molecular weight excluding hydrogens is 356 g/mol. The lowest BCUT2D eigenvalue weighted by atomic mass is 10.3. The first-order chi connectivity index (χ1) is 11.1. The zero-order chi connectivity index (χ0) is 18.1. The van der Waals surface area contributed by atoms with Crippen LogP contribution in [0.2, 0.25) is 5.02 Å². The number of benzene rings is 1. The van der Waals surface area contributed by atoms with Crippen molar-refractivity contribution in [2.24, 2.45) is 7.05 Å². The van der Waals surface area contributed by atoms with Crippen molar-refractivity contribution in [1.29, 1.82) is 0 Å². The van der Waals surface area contributed by atoms with Gasteiger partial charge in [-0.25, -0.2) is 9.88 Å². The van der Waals surface area contributed by atoms with Crippen LogP contribution in [-0.4, -0.2) is 29.8 Å². The number of amides is 2. The summed E-state index contributed by atoms with van der Waals surface area (Å²) in [6, 6.07) is 6.29. The second kappa shape index (κ2) is 6.62. The highest BCUT2D eigenvalue weighted by molar-refractivity contribution is 7.92. The second-order valence-corrected chi connectivity index (χ2v) is 6.95. The third kappa shape index (κ3) is 3.41. The molecule has 0 fully saturated rings. The van der Waals surface area contributed by atoms with Crippen molar-refractivity contribution >= 4 is 44.9 Å². The van der Waals surface area contributed by atoms with Crippen molar-refractivity contribution < 1.29 is 18.0 Å². The minimum Gasteiger partial charge on any atom is -0.321 e. The van der Waals surface area contributed by atoms with Crippen LogP contribution in [0, 0.1) is 0 Å². The molecule has 2 amide bonds. The molecule has 0 unspecified atom stereocenters. The molecule has 1 aromatic heterocycles. The molecule has 0 spiro atoms. The molecule has 0 saturated heterocycles. The predicted octanol–water partition coefficient (Wildman–Crippen LogP) is 1.77. The minimum absolute atomic E-state index is 0.170. The molecule has 0 atom stereocenters. The summed E-state index contributed by atoms with van der Waals surface area (Å²) in [5.41, 5.74) is 0.170. The smallest absolute Gasteiger partial charge is 0.281 e. The van der Waals surface area contributed by atoms with E-state index in [-0.39, 0.29) is 21.6 Å². The standard InChI is InChI=1S/C14H15ClN4O4S/c1-9(20)19(10(2)21)13-14(18(3)8-16-13)24(22,23)17-12-7-5-4-6-11(12)15/h4-8,17H,1-3H3. The van der Waals surface area contributed by atoms with Crippen LogP contribution in [0.15, 0.2) is 35.6 Å². The monoisotopic (exact) mass is 370 g/mol. The van der Waals surface area contributed by atoms with Gasteiger partial charge in [-0.2, -0.15) is 8.42 Å². The number of aromatic nitrogens is 2. The molecule has 0 aliphatic carbocycles. The summed E-state index contributed by atoms with van der Waals surface area (Å²) in [5, 5.41) is -0.118. The van der Waals surface area contributed by atoms with Gasteiger partial charge in [-0.05, 0) is 12.1 Å². The van der Waals surface area contributed by atoms with Crippen LogP contribution in [0.5, 0.6) is 0 Å². The van der Waals surface area contributed by atoms with E-state index in [4.69, 9.17) is 11.6 Å². The number of nitrogens with zero attached hydrogens (tertiary/aromatic N) is 3. The Bertz CT molecular complexity index is 893. The summed E-state index contributed by atoms with van der Waals surface area (Å²) in [4.78, 5) is 28.0. The van der Waals surface area contributed by atoms with Gasteiger partial charge < -0.3 is 4.57 Å². The Morgan fingerprint density at radius 2 is 1.79 bits per heavy atom. The van der Waals surface area contributed by atoms with E-state index in [0.29, 0.717) is 4.90 Å². The number of carbonyl (C=O) groups excluding carboxylic acids is 2. The summed E-state index contributed by atoms with van der Waals surface area (Å²) >= 11 is 5.97. The lowest BCUT2D eigenvalue weighted by Crippen LogP contribution is -2.35. The lowest BCUT2D eigenvalue weighted by Gasteiger charge is -2.17. The zero-order valence-electron chi connectivity index (χ0n) is 13.1. The quantitative estimate of drug-likeness (QED) is 0.883. The van der Waals surface area contributed by atoms with Gasteiger partial charge >= 0.3 is 0 Å². The van der Waals surface area contributed by atoms with E-state index in [2.05, 4.69) is 9.71 Å². The van der Waals surface area contributed by atoms with E-state index in [1.807, 2.05) is 0 Å². The number of hydrogen-bond acceptors (Lipinski definition) is 5. The normalized spacial score (nSPS) is 11.2. The fraction of sp³-hybridized carbons (Fsp3) is 0.214. The fourth-order valence-corrected chi connectivity index (χ4v) is 3.74. The number of nitrogens with one attached hydrogen (secondary N) is 1. The molecule has 0 bridgehead atoms. The Morgan fingerprint density at radius 3 is 2.33 bits per heavy atom. The van der Waals surface area contributed by atoms with Crippen LogP contribution in [-0.2, 0) is 26.7 Å². The molecule has 0 aliphatic rings. The molecule has 8 nitrogen and oxygen atoms in total. The predicted molar refractivity (Wildman–Crippen MR) is 89.3 cm³/mol. The van der Waals surface area contributed by atoms with Crippen LogP contribution in [0.4, 0.5) is 11.5 Å². The van der Waals surface area contributed by atoms with Gasteiger partial charge in [0.2, 0.25) is 16.8 Å². The molecule has 0 radical (unpaired) electrons. The van der Waals surface area contributed by atoms with Crippen molar-refractivity contribution in [3.8, 4) is 0 Å². The number of anilines is 2. The van der Waals surface area contributed by atoms with Gasteiger partial charge in [0.25, 0.3) is 10.0 Å². The number of rotatable bonds is 4. The first-order valence-electron chi connectivity index (χ1n) is 6.75. The number of para-hydroxylation sites is 1. The number of hydrogen-bond donors (Lipinski definition) is 1. The molecule has 0 saturated carbocycles. The molecule has 10 heteroatoms. The SMILES string of the molecule is CC(=O)N(C(C)=O)c1ncn(C)c1S(=O)(=O)Nc1ccccc1Cl. The molecule has 1 aromatic carbocycles. The largest absolute Gasteiger partial charge is 0.321 e. The molecule has 1 N–H and O–H groups in total. The van der Waals surface area contributed by atoms with Gasteiger partial charge in [0.15, 0.2) is 5.82 Å². The van der Waals surface area contributed by atoms with E-state index in [1.165, 1.54) is 30.1 Å². The first-order valence-corrected chi connectivity index (χ1v) is 8.61. The van der Waals surface area contributed by atoms with Crippen LogP contribution in [0.3, 0.4) is 0 Å². The molecule has 2 rings (SSSR count). The molecule has 2 aromatic rings. The van der Waals surface area contributed by atoms with E-state index in [9.17, 15) is 18.0 Å². The van der Waals surface area contributed by atoms with Gasteiger partial charge in [0.05, 0.1) is 17.0 Å². The number of sulfonamides is 1. The molecular formula is C14H15ClN4O4S. The molecule has 0 aliphatic heterocycles. The number of carbonyl (C=O) groups is 2. The highest BCUT2D eigenvalue weighted by atomic mass is 35.5. The molecule has 128 valence electrons. The summed E-state index contributed by atoms with van der Waals surface area (Å²) < 4.78 is 29.0. The van der Waals surface area contributed by atoms with Crippen molar-refractivity contribution in [2.75, 3.05) is 9.62 Å². The maximum Gasteiger partial charge on any atom is 0.281 e. The third-order valence-corrected chi connectivity index (χ3v) is 4.88. The van der Waals surface area contributed by atoms with Crippen molar-refractivity contribution in [3.63, 3.8) is 0 Å². The van der Waals surface area contributed by atoms with E-state index in [1.54, 1.807) is 12.1 Å². The summed E-state index contributed by atoms with van der Waals surface area (Å²) in [6.45, 7) is 2.29. The Balaban J connectivity index is 2.56. The Labute approximate surface area is 144 Å². The second-order valence-electron chi connectivity index (χ2n) is 4.94. The lowest BCUT2D eigenvalue weighted by molar-refractivity contribution is -0.124. The number of imidazole rings is 1. The molecule has 24 heavy (non-hydrogen) atoms. The maximum atomic E-state index is 12.7. The Kier molecular flexibility index (Phi) is 4.95. The number of halogens is 1. The maximum absolute atomic E-state index is 12.7. The van der Waals surface area contributed by atoms with Crippen LogP contribution >= 0.6 is 11.6 Å². The highest BCUT2D eigenvalue weighted by Gasteiger charge is 2.31. The van der Waals surface area contributed by atoms with E-state index < -0.39 is 21.8 Å². The summed E-state index contributed by atoms with van der Waals surface area (Å²) in [5.74, 6) is -1.55. The van der Waals surface area contributed by atoms with Gasteiger partial charge in [0.1, 0.15) is 0 Å². The molecule has 1 heterocycles. The van der Waals surface area contributed by atoms with Gasteiger partial charge in [-0.1, -0.05) is 23.7 Å². The zero-order valence-corrected chi connectivity index (χ0v) is 14.7. The minimum atomic E-state index is -4.15. The Morgan fingerprint density at radius 1 is 1.21 bits per heavy atom. The number of aryl methyl sites for hydroxylation is 1. The van der Waals surface area contributed by atoms with Crippen molar-refractivity contribution in [2.45, 2.75) is 18.9 Å². The van der Waals surface area contributed by atoms with Crippen LogP contribution in [0.25, 0.3) is 0 Å². The average Bonchev–Trinajstić information content (AvgIpc) is 2.83. The van der Waals surface area contributed by atoms with Gasteiger partial charge in [-0.15, -0.1) is 0 Å². The van der Waals surface area contributed by atoms with E-state index >= 15 is 0 Å². The van der Waals surface area contributed by atoms with Gasteiger partial charge in [-0.3, -0.25) is 14.3 Å². The summed E-state index contributed by atoms with van der Waals surface area (Å²) in [6.07, 6.45) is 1.20.